The number of rotatable bonds is 3. The fourth-order valence-electron chi connectivity index (χ4n) is 5.40. The molecule has 2 heterocycles. The second-order valence-corrected chi connectivity index (χ2v) is 9.68. The second-order valence-electron chi connectivity index (χ2n) is 9.68. The lowest BCUT2D eigenvalue weighted by molar-refractivity contribution is 0.672. The zero-order valence-electron chi connectivity index (χ0n) is 20.9. The molecule has 0 atom stereocenters. The average Bonchev–Trinajstić information content (AvgIpc) is 3.39. The molecule has 0 aliphatic carbocycles. The maximum Gasteiger partial charge on any atom is 0.164 e. The lowest BCUT2D eigenvalue weighted by atomic mass is 9.99. The summed E-state index contributed by atoms with van der Waals surface area (Å²) in [5, 5.41) is 6.53. The maximum atomic E-state index is 6.33. The molecule has 4 heteroatoms. The first-order chi connectivity index (χ1) is 19.3. The van der Waals surface area contributed by atoms with Crippen LogP contribution >= 0.6 is 0 Å². The fraction of sp³-hybridized carbons (Fsp3) is 0. The van der Waals surface area contributed by atoms with Gasteiger partial charge in [-0.3, -0.25) is 0 Å². The van der Waals surface area contributed by atoms with E-state index >= 15 is 0 Å². The van der Waals surface area contributed by atoms with Gasteiger partial charge >= 0.3 is 0 Å². The summed E-state index contributed by atoms with van der Waals surface area (Å²) in [5.74, 6) is 1.92. The Morgan fingerprint density at radius 2 is 1.05 bits per heavy atom. The molecule has 0 unspecified atom stereocenters. The third kappa shape index (κ3) is 3.57. The topological polar surface area (TPSA) is 51.8 Å². The molecule has 0 saturated carbocycles. The van der Waals surface area contributed by atoms with Crippen molar-refractivity contribution in [3.05, 3.63) is 127 Å². The summed E-state index contributed by atoms with van der Waals surface area (Å²) < 4.78 is 6.33. The van der Waals surface area contributed by atoms with Crippen molar-refractivity contribution in [2.45, 2.75) is 0 Å². The lowest BCUT2D eigenvalue weighted by Gasteiger charge is -2.11. The van der Waals surface area contributed by atoms with Crippen LogP contribution in [0.3, 0.4) is 0 Å². The largest absolute Gasteiger partial charge is 0.455 e. The molecule has 0 bridgehead atoms. The van der Waals surface area contributed by atoms with Crippen LogP contribution in [0.4, 0.5) is 0 Å². The standard InChI is InChI=1S/C35H21N3O/c1-2-11-23(12-3-1)33-36-34(25-19-18-22-10-4-5-13-24(22)20-25)38-35(37-33)30-21-29-27-15-8-9-17-31(27)39-32(29)28-16-7-6-14-26(28)30/h1-21H. The number of hydrogen-bond acceptors (Lipinski definition) is 4. The molecule has 0 fully saturated rings. The number of benzene rings is 6. The Morgan fingerprint density at radius 1 is 0.410 bits per heavy atom. The van der Waals surface area contributed by atoms with Crippen LogP contribution in [-0.4, -0.2) is 15.0 Å². The number of furan rings is 1. The van der Waals surface area contributed by atoms with Crippen LogP contribution < -0.4 is 0 Å². The average molecular weight is 500 g/mol. The van der Waals surface area contributed by atoms with Crippen molar-refractivity contribution in [3.8, 4) is 34.2 Å². The molecule has 8 aromatic rings. The molecule has 0 N–H and O–H groups in total. The zero-order valence-corrected chi connectivity index (χ0v) is 20.9. The number of aromatic nitrogens is 3. The van der Waals surface area contributed by atoms with Crippen molar-refractivity contribution >= 4 is 43.5 Å². The van der Waals surface area contributed by atoms with E-state index in [1.54, 1.807) is 0 Å². The third-order valence-corrected chi connectivity index (χ3v) is 7.30. The highest BCUT2D eigenvalue weighted by Gasteiger charge is 2.18. The summed E-state index contributed by atoms with van der Waals surface area (Å²) in [6.07, 6.45) is 0. The van der Waals surface area contributed by atoms with Crippen LogP contribution in [0.5, 0.6) is 0 Å². The van der Waals surface area contributed by atoms with Gasteiger partial charge < -0.3 is 4.42 Å². The Hall–Kier alpha value is -5.35. The Bertz CT molecular complexity index is 2180. The molecule has 0 spiro atoms. The first-order valence-electron chi connectivity index (χ1n) is 13.0. The van der Waals surface area contributed by atoms with E-state index in [9.17, 15) is 0 Å². The molecular weight excluding hydrogens is 478 g/mol. The van der Waals surface area contributed by atoms with Gasteiger partial charge in [-0.2, -0.15) is 0 Å². The van der Waals surface area contributed by atoms with E-state index in [2.05, 4.69) is 66.7 Å². The summed E-state index contributed by atoms with van der Waals surface area (Å²) in [6, 6.07) is 43.4. The van der Waals surface area contributed by atoms with Gasteiger partial charge in [0, 0.05) is 32.8 Å². The van der Waals surface area contributed by atoms with E-state index in [1.165, 1.54) is 5.39 Å². The van der Waals surface area contributed by atoms with Gasteiger partial charge in [-0.15, -0.1) is 0 Å². The molecule has 6 aromatic carbocycles. The van der Waals surface area contributed by atoms with Gasteiger partial charge in [0.2, 0.25) is 0 Å². The Balaban J connectivity index is 1.44. The van der Waals surface area contributed by atoms with Gasteiger partial charge in [0.05, 0.1) is 0 Å². The lowest BCUT2D eigenvalue weighted by Crippen LogP contribution is -2.00. The Labute approximate surface area is 224 Å². The predicted octanol–water partition coefficient (Wildman–Crippen LogP) is 9.08. The minimum absolute atomic E-state index is 0.635. The van der Waals surface area contributed by atoms with E-state index < -0.39 is 0 Å². The van der Waals surface area contributed by atoms with Crippen molar-refractivity contribution in [1.82, 2.24) is 15.0 Å². The molecule has 0 saturated heterocycles. The van der Waals surface area contributed by atoms with E-state index in [1.807, 2.05) is 60.7 Å². The van der Waals surface area contributed by atoms with Gasteiger partial charge in [-0.05, 0) is 34.4 Å². The zero-order chi connectivity index (χ0) is 25.8. The minimum atomic E-state index is 0.635. The van der Waals surface area contributed by atoms with Gasteiger partial charge in [0.25, 0.3) is 0 Å². The normalized spacial score (nSPS) is 11.6. The van der Waals surface area contributed by atoms with Crippen LogP contribution in [0.1, 0.15) is 0 Å². The minimum Gasteiger partial charge on any atom is -0.455 e. The van der Waals surface area contributed by atoms with E-state index in [0.29, 0.717) is 17.5 Å². The fourth-order valence-corrected chi connectivity index (χ4v) is 5.40. The molecule has 0 aliphatic heterocycles. The van der Waals surface area contributed by atoms with Crippen LogP contribution in [0.2, 0.25) is 0 Å². The molecule has 182 valence electrons. The van der Waals surface area contributed by atoms with Crippen molar-refractivity contribution in [1.29, 1.82) is 0 Å². The highest BCUT2D eigenvalue weighted by atomic mass is 16.3. The number of fused-ring (bicyclic) bond motifs is 6. The summed E-state index contributed by atoms with van der Waals surface area (Å²) in [4.78, 5) is 15.1. The molecule has 39 heavy (non-hydrogen) atoms. The highest BCUT2D eigenvalue weighted by Crippen LogP contribution is 2.39. The van der Waals surface area contributed by atoms with Crippen LogP contribution in [0, 0.1) is 0 Å². The first kappa shape index (κ1) is 21.7. The maximum absolute atomic E-state index is 6.33. The Kier molecular flexibility index (Phi) is 4.79. The number of hydrogen-bond donors (Lipinski definition) is 0. The van der Waals surface area contributed by atoms with Crippen LogP contribution in [0.15, 0.2) is 132 Å². The van der Waals surface area contributed by atoms with E-state index in [4.69, 9.17) is 19.4 Å². The number of nitrogens with zero attached hydrogens (tertiary/aromatic N) is 3. The van der Waals surface area contributed by atoms with Crippen molar-refractivity contribution in [2.75, 3.05) is 0 Å². The van der Waals surface area contributed by atoms with E-state index in [-0.39, 0.29) is 0 Å². The monoisotopic (exact) mass is 499 g/mol. The van der Waals surface area contributed by atoms with Crippen molar-refractivity contribution in [3.63, 3.8) is 0 Å². The summed E-state index contributed by atoms with van der Waals surface area (Å²) in [5.41, 5.74) is 4.59. The SMILES string of the molecule is c1ccc(-c2nc(-c3ccc4ccccc4c3)nc(-c3cc4c5ccccc5oc4c4ccccc34)n2)cc1. The quantitative estimate of drug-likeness (QED) is 0.243. The molecular formula is C35H21N3O. The molecule has 2 aromatic heterocycles. The molecule has 0 aliphatic rings. The third-order valence-electron chi connectivity index (χ3n) is 7.30. The van der Waals surface area contributed by atoms with Crippen LogP contribution in [-0.2, 0) is 0 Å². The van der Waals surface area contributed by atoms with Gasteiger partial charge in [-0.1, -0.05) is 109 Å². The first-order valence-corrected chi connectivity index (χ1v) is 13.0. The molecule has 0 radical (unpaired) electrons. The van der Waals surface area contributed by atoms with Gasteiger partial charge in [0.1, 0.15) is 11.2 Å². The summed E-state index contributed by atoms with van der Waals surface area (Å²) in [7, 11) is 0. The predicted molar refractivity (Wildman–Crippen MR) is 158 cm³/mol. The van der Waals surface area contributed by atoms with Crippen molar-refractivity contribution < 1.29 is 4.42 Å². The molecule has 0 amide bonds. The second kappa shape index (κ2) is 8.61. The smallest absolute Gasteiger partial charge is 0.164 e. The summed E-state index contributed by atoms with van der Waals surface area (Å²) >= 11 is 0. The van der Waals surface area contributed by atoms with Crippen molar-refractivity contribution in [2.24, 2.45) is 0 Å². The number of para-hydroxylation sites is 1. The van der Waals surface area contributed by atoms with Gasteiger partial charge in [-0.25, -0.2) is 15.0 Å². The van der Waals surface area contributed by atoms with E-state index in [0.717, 1.165) is 54.8 Å². The van der Waals surface area contributed by atoms with Crippen LogP contribution in [0.25, 0.3) is 77.6 Å². The summed E-state index contributed by atoms with van der Waals surface area (Å²) in [6.45, 7) is 0. The van der Waals surface area contributed by atoms with Gasteiger partial charge in [0.15, 0.2) is 17.5 Å². The molecule has 4 nitrogen and oxygen atoms in total. The Morgan fingerprint density at radius 3 is 1.90 bits per heavy atom. The highest BCUT2D eigenvalue weighted by molar-refractivity contribution is 6.18. The molecule has 8 rings (SSSR count).